The molecule has 0 atom stereocenters. The molecule has 1 aromatic rings. The lowest BCUT2D eigenvalue weighted by Gasteiger charge is -2.05. The zero-order valence-electron chi connectivity index (χ0n) is 18.4. The molecular formula is C26H40O3. The van der Waals surface area contributed by atoms with Crippen LogP contribution < -0.4 is 0 Å². The molecule has 0 heterocycles. The second-order valence-electron chi connectivity index (χ2n) is 7.78. The van der Waals surface area contributed by atoms with E-state index in [0.717, 1.165) is 12.8 Å². The van der Waals surface area contributed by atoms with Gasteiger partial charge in [-0.1, -0.05) is 107 Å². The van der Waals surface area contributed by atoms with Gasteiger partial charge in [0.2, 0.25) is 0 Å². The molecule has 0 unspecified atom stereocenters. The van der Waals surface area contributed by atoms with E-state index in [2.05, 4.69) is 19.1 Å². The van der Waals surface area contributed by atoms with Crippen LogP contribution in [-0.2, 0) is 9.53 Å². The molecule has 1 aromatic carbocycles. The fourth-order valence-corrected chi connectivity index (χ4v) is 3.27. The van der Waals surface area contributed by atoms with E-state index in [1.807, 2.05) is 18.2 Å². The molecule has 162 valence electrons. The predicted molar refractivity (Wildman–Crippen MR) is 121 cm³/mol. The number of hydrogen-bond donors (Lipinski definition) is 0. The van der Waals surface area contributed by atoms with Crippen LogP contribution in [0.1, 0.15) is 107 Å². The van der Waals surface area contributed by atoms with Crippen molar-refractivity contribution in [3.63, 3.8) is 0 Å². The third-order valence-corrected chi connectivity index (χ3v) is 5.08. The van der Waals surface area contributed by atoms with Crippen molar-refractivity contribution in [2.45, 2.75) is 96.8 Å². The molecule has 0 saturated carbocycles. The number of unbranched alkanes of at least 4 members (excludes halogenated alkanes) is 11. The van der Waals surface area contributed by atoms with Gasteiger partial charge in [0.15, 0.2) is 12.4 Å². The molecule has 0 amide bonds. The Morgan fingerprint density at radius 2 is 1.31 bits per heavy atom. The number of benzene rings is 1. The van der Waals surface area contributed by atoms with Crippen molar-refractivity contribution in [1.29, 1.82) is 0 Å². The maximum Gasteiger partial charge on any atom is 0.306 e. The van der Waals surface area contributed by atoms with Gasteiger partial charge in [0, 0.05) is 12.0 Å². The molecule has 0 bridgehead atoms. The zero-order chi connectivity index (χ0) is 21.0. The van der Waals surface area contributed by atoms with Crippen molar-refractivity contribution in [2.24, 2.45) is 0 Å². The quantitative estimate of drug-likeness (QED) is 0.111. The summed E-state index contributed by atoms with van der Waals surface area (Å²) in [5, 5.41) is 0. The summed E-state index contributed by atoms with van der Waals surface area (Å²) in [6.45, 7) is 2.06. The molecule has 1 rings (SSSR count). The molecule has 0 aliphatic rings. The third-order valence-electron chi connectivity index (χ3n) is 5.08. The molecule has 0 aliphatic carbocycles. The number of esters is 1. The molecule has 0 spiro atoms. The maximum absolute atomic E-state index is 11.9. The van der Waals surface area contributed by atoms with Crippen LogP contribution >= 0.6 is 0 Å². The second kappa shape index (κ2) is 18.1. The smallest absolute Gasteiger partial charge is 0.306 e. The van der Waals surface area contributed by atoms with Gasteiger partial charge in [-0.2, -0.15) is 0 Å². The first-order valence-electron chi connectivity index (χ1n) is 11.6. The van der Waals surface area contributed by atoms with E-state index in [1.165, 1.54) is 70.6 Å². The normalized spacial score (nSPS) is 11.1. The van der Waals surface area contributed by atoms with E-state index >= 15 is 0 Å². The molecule has 3 heteroatoms. The van der Waals surface area contributed by atoms with Crippen LogP contribution in [0.4, 0.5) is 0 Å². The van der Waals surface area contributed by atoms with Crippen molar-refractivity contribution >= 4 is 11.8 Å². The number of carbonyl (C=O) groups is 2. The summed E-state index contributed by atoms with van der Waals surface area (Å²) in [4.78, 5) is 23.6. The van der Waals surface area contributed by atoms with Crippen molar-refractivity contribution in [3.05, 3.63) is 48.0 Å². The van der Waals surface area contributed by atoms with E-state index in [-0.39, 0.29) is 18.4 Å². The van der Waals surface area contributed by atoms with Crippen LogP contribution in [0.5, 0.6) is 0 Å². The van der Waals surface area contributed by atoms with Crippen LogP contribution in [0, 0.1) is 0 Å². The van der Waals surface area contributed by atoms with Crippen molar-refractivity contribution < 1.29 is 14.3 Å². The molecule has 0 fully saturated rings. The van der Waals surface area contributed by atoms with Gasteiger partial charge in [0.25, 0.3) is 0 Å². The summed E-state index contributed by atoms with van der Waals surface area (Å²) in [5.74, 6) is -0.411. The second-order valence-corrected chi connectivity index (χ2v) is 7.78. The van der Waals surface area contributed by atoms with Crippen LogP contribution in [0.3, 0.4) is 0 Å². The van der Waals surface area contributed by atoms with Crippen LogP contribution in [0.2, 0.25) is 0 Å². The van der Waals surface area contributed by atoms with Gasteiger partial charge in [-0.3, -0.25) is 9.59 Å². The average molecular weight is 401 g/mol. The van der Waals surface area contributed by atoms with Gasteiger partial charge < -0.3 is 4.74 Å². The van der Waals surface area contributed by atoms with Gasteiger partial charge in [-0.25, -0.2) is 0 Å². The number of allylic oxidation sites excluding steroid dienone is 2. The van der Waals surface area contributed by atoms with E-state index in [1.54, 1.807) is 12.1 Å². The van der Waals surface area contributed by atoms with Gasteiger partial charge in [0.05, 0.1) is 0 Å². The zero-order valence-corrected chi connectivity index (χ0v) is 18.4. The van der Waals surface area contributed by atoms with Crippen LogP contribution in [0.15, 0.2) is 42.5 Å². The topological polar surface area (TPSA) is 43.4 Å². The summed E-state index contributed by atoms with van der Waals surface area (Å²) in [6.07, 6.45) is 21.1. The average Bonchev–Trinajstić information content (AvgIpc) is 2.75. The highest BCUT2D eigenvalue weighted by atomic mass is 16.5. The largest absolute Gasteiger partial charge is 0.457 e. The number of Topliss-reactive ketones (excluding diaryl/α,β-unsaturated/α-hetero) is 1. The summed E-state index contributed by atoms with van der Waals surface area (Å²) in [5.41, 5.74) is 0.587. The summed E-state index contributed by atoms with van der Waals surface area (Å²) >= 11 is 0. The van der Waals surface area contributed by atoms with Crippen molar-refractivity contribution in [3.8, 4) is 0 Å². The number of rotatable bonds is 18. The van der Waals surface area contributed by atoms with E-state index in [4.69, 9.17) is 4.74 Å². The van der Waals surface area contributed by atoms with Gasteiger partial charge in [0.1, 0.15) is 0 Å². The minimum Gasteiger partial charge on any atom is -0.457 e. The number of ketones is 1. The first-order valence-corrected chi connectivity index (χ1v) is 11.6. The highest BCUT2D eigenvalue weighted by Gasteiger charge is 2.09. The summed E-state index contributed by atoms with van der Waals surface area (Å²) < 4.78 is 5.08. The van der Waals surface area contributed by atoms with E-state index < -0.39 is 0 Å². The SMILES string of the molecule is CCCC=CCCCCCCCCCCCCC(=O)OCC(=O)c1ccccc1. The van der Waals surface area contributed by atoms with E-state index in [0.29, 0.717) is 12.0 Å². The molecule has 0 saturated heterocycles. The Morgan fingerprint density at radius 3 is 1.93 bits per heavy atom. The lowest BCUT2D eigenvalue weighted by atomic mass is 10.0. The third kappa shape index (κ3) is 14.7. The standard InChI is InChI=1S/C26H40O3/c1-2-3-4-5-6-7-8-9-10-11-12-13-14-15-19-22-26(28)29-23-25(27)24-20-17-16-18-21-24/h4-5,16-18,20-21H,2-3,6-15,19,22-23H2,1H3. The Labute approximate surface area is 177 Å². The lowest BCUT2D eigenvalue weighted by Crippen LogP contribution is -2.13. The molecular weight excluding hydrogens is 360 g/mol. The minimum absolute atomic E-state index is 0.146. The maximum atomic E-state index is 11.9. The van der Waals surface area contributed by atoms with Gasteiger partial charge >= 0.3 is 5.97 Å². The summed E-state index contributed by atoms with van der Waals surface area (Å²) in [7, 11) is 0. The highest BCUT2D eigenvalue weighted by molar-refractivity contribution is 5.97. The molecule has 3 nitrogen and oxygen atoms in total. The molecule has 0 aliphatic heterocycles. The Bertz CT molecular complexity index is 563. The Morgan fingerprint density at radius 1 is 0.759 bits per heavy atom. The molecule has 29 heavy (non-hydrogen) atoms. The number of carbonyl (C=O) groups excluding carboxylic acids is 2. The first-order chi connectivity index (χ1) is 14.2. The first kappa shape index (κ1) is 25.1. The van der Waals surface area contributed by atoms with Gasteiger partial charge in [-0.15, -0.1) is 0 Å². The molecule has 0 radical (unpaired) electrons. The molecule has 0 aromatic heterocycles. The fraction of sp³-hybridized carbons (Fsp3) is 0.615. The fourth-order valence-electron chi connectivity index (χ4n) is 3.27. The van der Waals surface area contributed by atoms with E-state index in [9.17, 15) is 9.59 Å². The van der Waals surface area contributed by atoms with Crippen LogP contribution in [0.25, 0.3) is 0 Å². The van der Waals surface area contributed by atoms with Crippen LogP contribution in [-0.4, -0.2) is 18.4 Å². The highest BCUT2D eigenvalue weighted by Crippen LogP contribution is 2.12. The Balaban J connectivity index is 1.84. The lowest BCUT2D eigenvalue weighted by molar-refractivity contribution is -0.142. The number of hydrogen-bond acceptors (Lipinski definition) is 3. The summed E-state index contributed by atoms with van der Waals surface area (Å²) in [6, 6.07) is 8.95. The van der Waals surface area contributed by atoms with Crippen molar-refractivity contribution in [1.82, 2.24) is 0 Å². The predicted octanol–water partition coefficient (Wildman–Crippen LogP) is 7.45. The van der Waals surface area contributed by atoms with Gasteiger partial charge in [-0.05, 0) is 25.7 Å². The monoisotopic (exact) mass is 400 g/mol. The Hall–Kier alpha value is -1.90. The minimum atomic E-state index is -0.265. The number of ether oxygens (including phenoxy) is 1. The van der Waals surface area contributed by atoms with Crippen molar-refractivity contribution in [2.75, 3.05) is 6.61 Å². The molecule has 0 N–H and O–H groups in total. The Kier molecular flexibility index (Phi) is 15.7.